The Hall–Kier alpha value is -1.05. The van der Waals surface area contributed by atoms with Gasteiger partial charge in [-0.3, -0.25) is 0 Å². The molecule has 1 N–H and O–H groups in total. The molecule has 2 heterocycles. The molecule has 4 nitrogen and oxygen atoms in total. The van der Waals surface area contributed by atoms with Crippen LogP contribution >= 0.6 is 11.6 Å². The molecule has 2 rings (SSSR count). The van der Waals surface area contributed by atoms with Gasteiger partial charge in [0, 0.05) is 13.1 Å². The highest BCUT2D eigenvalue weighted by atomic mass is 35.5. The van der Waals surface area contributed by atoms with Crippen LogP contribution in [0.5, 0.6) is 0 Å². The molecule has 0 amide bonds. The van der Waals surface area contributed by atoms with Crippen LogP contribution in [0.3, 0.4) is 0 Å². The Kier molecular flexibility index (Phi) is 5.29. The maximum atomic E-state index is 12.8. The molecule has 0 aromatic carbocycles. The van der Waals surface area contributed by atoms with Crippen LogP contribution in [0.15, 0.2) is 12.1 Å². The monoisotopic (exact) mass is 324 g/mol. The third-order valence-electron chi connectivity index (χ3n) is 3.32. The number of hydrogen-bond acceptors (Lipinski definition) is 4. The van der Waals surface area contributed by atoms with Gasteiger partial charge in [-0.2, -0.15) is 13.2 Å². The fourth-order valence-corrected chi connectivity index (χ4v) is 2.48. The summed E-state index contributed by atoms with van der Waals surface area (Å²) in [6, 6.07) is 1.84. The lowest BCUT2D eigenvalue weighted by Gasteiger charge is -2.33. The number of ether oxygens (including phenoxy) is 1. The Morgan fingerprint density at radius 3 is 2.57 bits per heavy atom. The van der Waals surface area contributed by atoms with Gasteiger partial charge in [-0.1, -0.05) is 11.6 Å². The normalized spacial score (nSPS) is 17.3. The number of halogens is 4. The summed E-state index contributed by atoms with van der Waals surface area (Å²) >= 11 is 5.68. The molecular formula is C13H16ClF3N2O2. The van der Waals surface area contributed by atoms with E-state index in [2.05, 4.69) is 4.98 Å². The average molecular weight is 325 g/mol. The highest BCUT2D eigenvalue weighted by Gasteiger charge is 2.32. The molecular weight excluding hydrogens is 309 g/mol. The van der Waals surface area contributed by atoms with E-state index >= 15 is 0 Å². The third kappa shape index (κ3) is 4.46. The summed E-state index contributed by atoms with van der Waals surface area (Å²) in [6.45, 7) is 1.32. The molecule has 118 valence electrons. The lowest BCUT2D eigenvalue weighted by molar-refractivity contribution is -0.137. The number of piperidine rings is 1. The first-order valence-corrected chi connectivity index (χ1v) is 7.00. The zero-order valence-electron chi connectivity index (χ0n) is 11.2. The van der Waals surface area contributed by atoms with Crippen molar-refractivity contribution in [2.45, 2.75) is 25.1 Å². The molecule has 1 fully saturated rings. The summed E-state index contributed by atoms with van der Waals surface area (Å²) in [4.78, 5) is 5.73. The van der Waals surface area contributed by atoms with E-state index in [0.29, 0.717) is 25.9 Å². The lowest BCUT2D eigenvalue weighted by Crippen LogP contribution is -2.38. The van der Waals surface area contributed by atoms with Gasteiger partial charge < -0.3 is 14.7 Å². The van der Waals surface area contributed by atoms with Gasteiger partial charge in [0.25, 0.3) is 0 Å². The summed E-state index contributed by atoms with van der Waals surface area (Å²) < 4.78 is 43.7. The minimum Gasteiger partial charge on any atom is -0.394 e. The van der Waals surface area contributed by atoms with Gasteiger partial charge >= 0.3 is 6.18 Å². The third-order valence-corrected chi connectivity index (χ3v) is 3.51. The van der Waals surface area contributed by atoms with Crippen LogP contribution in [0.2, 0.25) is 5.15 Å². The summed E-state index contributed by atoms with van der Waals surface area (Å²) in [5, 5.41) is 8.53. The van der Waals surface area contributed by atoms with Crippen LogP contribution in [0.1, 0.15) is 18.4 Å². The second-order valence-electron chi connectivity index (χ2n) is 4.82. The van der Waals surface area contributed by atoms with E-state index in [-0.39, 0.29) is 30.3 Å². The number of aromatic nitrogens is 1. The Labute approximate surface area is 125 Å². The van der Waals surface area contributed by atoms with E-state index in [4.69, 9.17) is 21.4 Å². The molecule has 0 atom stereocenters. The van der Waals surface area contributed by atoms with Crippen molar-refractivity contribution in [3.63, 3.8) is 0 Å². The van der Waals surface area contributed by atoms with Crippen molar-refractivity contribution in [2.75, 3.05) is 31.2 Å². The van der Waals surface area contributed by atoms with E-state index < -0.39 is 11.7 Å². The summed E-state index contributed by atoms with van der Waals surface area (Å²) in [5.74, 6) is 0.232. The fraction of sp³-hybridized carbons (Fsp3) is 0.615. The zero-order chi connectivity index (χ0) is 15.5. The van der Waals surface area contributed by atoms with Crippen LogP contribution in [-0.2, 0) is 10.9 Å². The number of aliphatic hydroxyl groups excluding tert-OH is 1. The number of anilines is 1. The first-order valence-electron chi connectivity index (χ1n) is 6.62. The summed E-state index contributed by atoms with van der Waals surface area (Å²) in [6.07, 6.45) is -3.07. The molecule has 1 aromatic rings. The van der Waals surface area contributed by atoms with Crippen molar-refractivity contribution < 1.29 is 23.0 Å². The second kappa shape index (κ2) is 6.81. The van der Waals surface area contributed by atoms with Crippen LogP contribution in [0.4, 0.5) is 19.0 Å². The molecule has 0 radical (unpaired) electrons. The Balaban J connectivity index is 2.05. The molecule has 0 bridgehead atoms. The van der Waals surface area contributed by atoms with Crippen LogP contribution in [0, 0.1) is 0 Å². The Morgan fingerprint density at radius 1 is 1.33 bits per heavy atom. The van der Waals surface area contributed by atoms with Crippen LogP contribution in [0.25, 0.3) is 0 Å². The van der Waals surface area contributed by atoms with Gasteiger partial charge in [0.1, 0.15) is 11.0 Å². The number of hydrogen-bond donors (Lipinski definition) is 1. The molecule has 1 aromatic heterocycles. The highest BCUT2D eigenvalue weighted by molar-refractivity contribution is 6.29. The number of aliphatic hydroxyl groups is 1. The SMILES string of the molecule is OCCOC1CCN(c2cc(C(F)(F)F)cc(Cl)n2)CC1. The van der Waals surface area contributed by atoms with E-state index in [1.807, 2.05) is 0 Å². The first-order chi connectivity index (χ1) is 9.90. The van der Waals surface area contributed by atoms with Gasteiger partial charge in [0.2, 0.25) is 0 Å². The largest absolute Gasteiger partial charge is 0.416 e. The van der Waals surface area contributed by atoms with Gasteiger partial charge in [-0.15, -0.1) is 0 Å². The predicted octanol–water partition coefficient (Wildman–Crippen LogP) is 2.73. The molecule has 0 unspecified atom stereocenters. The van der Waals surface area contributed by atoms with Crippen molar-refractivity contribution in [2.24, 2.45) is 0 Å². The van der Waals surface area contributed by atoms with E-state index in [1.54, 1.807) is 4.90 Å². The Morgan fingerprint density at radius 2 is 2.00 bits per heavy atom. The maximum Gasteiger partial charge on any atom is 0.416 e. The first kappa shape index (κ1) is 16.3. The number of nitrogens with zero attached hydrogens (tertiary/aromatic N) is 2. The molecule has 1 aliphatic rings. The van der Waals surface area contributed by atoms with E-state index in [9.17, 15) is 13.2 Å². The average Bonchev–Trinajstić information content (AvgIpc) is 2.44. The van der Waals surface area contributed by atoms with Gasteiger partial charge in [-0.25, -0.2) is 4.98 Å². The molecule has 0 spiro atoms. The van der Waals surface area contributed by atoms with Crippen molar-refractivity contribution >= 4 is 17.4 Å². The van der Waals surface area contributed by atoms with Crippen LogP contribution in [-0.4, -0.2) is 42.5 Å². The van der Waals surface area contributed by atoms with Gasteiger partial charge in [-0.05, 0) is 25.0 Å². The second-order valence-corrected chi connectivity index (χ2v) is 5.20. The van der Waals surface area contributed by atoms with E-state index in [1.165, 1.54) is 0 Å². The summed E-state index contributed by atoms with van der Waals surface area (Å²) in [7, 11) is 0. The zero-order valence-corrected chi connectivity index (χ0v) is 12.0. The molecule has 1 aliphatic heterocycles. The minimum atomic E-state index is -4.44. The number of alkyl halides is 3. The molecule has 0 aliphatic carbocycles. The molecule has 21 heavy (non-hydrogen) atoms. The fourth-order valence-electron chi connectivity index (χ4n) is 2.28. The lowest BCUT2D eigenvalue weighted by atomic mass is 10.1. The summed E-state index contributed by atoms with van der Waals surface area (Å²) in [5.41, 5.74) is -0.795. The van der Waals surface area contributed by atoms with Crippen molar-refractivity contribution in [3.05, 3.63) is 22.8 Å². The standard InChI is InChI=1S/C13H16ClF3N2O2/c14-11-7-9(13(15,16)17)8-12(18-11)19-3-1-10(2-4-19)21-6-5-20/h7-8,10,20H,1-6H2. The number of pyridine rings is 1. The van der Waals surface area contributed by atoms with Gasteiger partial charge in [0.15, 0.2) is 0 Å². The van der Waals surface area contributed by atoms with Crippen molar-refractivity contribution in [3.8, 4) is 0 Å². The molecule has 8 heteroatoms. The van der Waals surface area contributed by atoms with Crippen molar-refractivity contribution in [1.82, 2.24) is 4.98 Å². The molecule has 1 saturated heterocycles. The van der Waals surface area contributed by atoms with Gasteiger partial charge in [0.05, 0.1) is 24.9 Å². The van der Waals surface area contributed by atoms with Crippen molar-refractivity contribution in [1.29, 1.82) is 0 Å². The highest BCUT2D eigenvalue weighted by Crippen LogP contribution is 2.33. The topological polar surface area (TPSA) is 45.6 Å². The van der Waals surface area contributed by atoms with Crippen LogP contribution < -0.4 is 4.90 Å². The minimum absolute atomic E-state index is 0.0228. The Bertz CT molecular complexity index is 477. The maximum absolute atomic E-state index is 12.8. The van der Waals surface area contributed by atoms with E-state index in [0.717, 1.165) is 12.1 Å². The molecule has 0 saturated carbocycles. The number of rotatable bonds is 4. The quantitative estimate of drug-likeness (QED) is 0.865. The smallest absolute Gasteiger partial charge is 0.394 e. The predicted molar refractivity (Wildman–Crippen MR) is 72.5 cm³/mol.